The van der Waals surface area contributed by atoms with Gasteiger partial charge in [-0.1, -0.05) is 41.5 Å². The molecule has 0 unspecified atom stereocenters. The minimum atomic E-state index is -1.26. The Labute approximate surface area is 567 Å². The van der Waals surface area contributed by atoms with Crippen LogP contribution in [-0.4, -0.2) is 251 Å². The third-order valence-electron chi connectivity index (χ3n) is 18.7. The summed E-state index contributed by atoms with van der Waals surface area (Å²) in [6.45, 7) is 39.8. The molecule has 4 aliphatic heterocycles. The summed E-state index contributed by atoms with van der Waals surface area (Å²) in [6, 6.07) is 9.00. The molecule has 4 aromatic rings. The first-order valence-electron chi connectivity index (χ1n) is 33.9. The Morgan fingerprint density at radius 2 is 0.948 bits per heavy atom. The van der Waals surface area contributed by atoms with E-state index < -0.39 is 23.6 Å². The summed E-state index contributed by atoms with van der Waals surface area (Å²) in [7, 11) is 7.85. The Bertz CT molecular complexity index is 2960. The smallest absolute Gasteiger partial charge is 0.328 e. The molecule has 2 amide bonds. The standard InChI is InChI=1S/2C33H52FN7O3.C4H4O4/c2*1-9-41(24(4)5)32(42)27-17-26(34)10-11-29(27)44-31-30(35-22-36-37-31)39-13-12-33(19-39)20-40(21-33)28(23(2)3)16-25(6)18-38(7)14-15-43-8;5-3(6)1-2-4(7)8/h2*10-11,17,22-25,28H,9,12-16,18-21H2,1-8H3;1-2H,(H,5,6)(H,7,8)/b;;2-1+/t2*25-,28-;/m00./s1. The SMILES string of the molecule is CCN(C(=O)c1cc(F)ccc1Oc1nncnc1N1CCC2(C1)CN([C@@H](C[C@H](C)CN(C)CCOC)C(C)C)C2)C(C)C.CCN(C(=O)c1cc(F)ccc1Oc1nncnc1N1CCC2(C1)CN([C@@H](C[C@H](C)CN(C)CCOC)C(C)C)C2)C(C)C.O=C(O)/C=C/C(=O)O. The van der Waals surface area contributed by atoms with Gasteiger partial charge in [-0.3, -0.25) is 19.4 Å². The molecule has 0 radical (unpaired) electrons. The molecule has 26 heteroatoms. The average molecular weight is 1340 g/mol. The average Bonchev–Trinajstić information content (AvgIpc) is 1.57. The highest BCUT2D eigenvalue weighted by Gasteiger charge is 2.52. The second-order valence-corrected chi connectivity index (χ2v) is 28.0. The van der Waals surface area contributed by atoms with Crippen molar-refractivity contribution in [1.82, 2.24) is 59.8 Å². The maximum atomic E-state index is 14.3. The monoisotopic (exact) mass is 1340 g/mol. The first-order chi connectivity index (χ1) is 45.6. The summed E-state index contributed by atoms with van der Waals surface area (Å²) in [6.07, 6.45) is 8.44. The molecule has 4 aliphatic rings. The summed E-state index contributed by atoms with van der Waals surface area (Å²) >= 11 is 0. The quantitative estimate of drug-likeness (QED) is 0.0432. The van der Waals surface area contributed by atoms with Gasteiger partial charge in [0.15, 0.2) is 11.6 Å². The fraction of sp³-hybridized carbons (Fsp3) is 0.657. The van der Waals surface area contributed by atoms with E-state index in [0.717, 1.165) is 105 Å². The van der Waals surface area contributed by atoms with E-state index in [1.54, 1.807) is 24.0 Å². The molecule has 6 heterocycles. The van der Waals surface area contributed by atoms with Crippen molar-refractivity contribution < 1.29 is 57.1 Å². The van der Waals surface area contributed by atoms with Gasteiger partial charge in [-0.15, -0.1) is 20.4 Å². The molecule has 8 rings (SSSR count). The van der Waals surface area contributed by atoms with E-state index in [9.17, 15) is 28.0 Å². The Kier molecular flexibility index (Phi) is 29.6. The van der Waals surface area contributed by atoms with Crippen molar-refractivity contribution >= 4 is 35.4 Å². The van der Waals surface area contributed by atoms with E-state index >= 15 is 0 Å². The number of carbonyl (C=O) groups excluding carboxylic acids is 2. The number of halogens is 2. The number of ether oxygens (including phenoxy) is 4. The predicted molar refractivity (Wildman–Crippen MR) is 366 cm³/mol. The van der Waals surface area contributed by atoms with Gasteiger partial charge in [-0.05, 0) is 141 Å². The van der Waals surface area contributed by atoms with E-state index in [1.807, 2.05) is 41.5 Å². The molecular formula is C70H108F2N14O10. The number of likely N-dealkylation sites (N-methyl/N-ethyl adjacent to an activating group) is 2. The Hall–Kier alpha value is -7.10. The number of methoxy groups -OCH3 is 2. The van der Waals surface area contributed by atoms with Gasteiger partial charge in [-0.2, -0.15) is 0 Å². The number of likely N-dealkylation sites (tertiary alicyclic amines) is 2. The highest BCUT2D eigenvalue weighted by atomic mass is 19.1. The van der Waals surface area contributed by atoms with Gasteiger partial charge in [0.05, 0.1) is 24.3 Å². The molecule has 532 valence electrons. The topological polar surface area (TPSA) is 249 Å². The van der Waals surface area contributed by atoms with Crippen LogP contribution in [0.1, 0.15) is 129 Å². The molecular weight excluding hydrogens is 1230 g/mol. The molecule has 0 aliphatic carbocycles. The number of amides is 2. The molecule has 0 saturated carbocycles. The number of rotatable bonds is 32. The van der Waals surface area contributed by atoms with Crippen molar-refractivity contribution in [3.05, 3.63) is 84.0 Å². The number of nitrogens with zero attached hydrogens (tertiary/aromatic N) is 14. The molecule has 2 spiro atoms. The predicted octanol–water partition coefficient (Wildman–Crippen LogP) is 9.34. The van der Waals surface area contributed by atoms with Crippen molar-refractivity contribution in [2.75, 3.05) is 143 Å². The summed E-state index contributed by atoms with van der Waals surface area (Å²) in [4.78, 5) is 72.8. The number of anilines is 2. The van der Waals surface area contributed by atoms with Crippen LogP contribution in [0.2, 0.25) is 0 Å². The number of carbonyl (C=O) groups is 4. The molecule has 4 atom stereocenters. The third-order valence-corrected chi connectivity index (χ3v) is 18.7. The molecule has 2 aromatic heterocycles. The zero-order valence-corrected chi connectivity index (χ0v) is 59.7. The van der Waals surface area contributed by atoms with Gasteiger partial charge >= 0.3 is 11.9 Å². The number of hydrogen-bond donors (Lipinski definition) is 2. The number of aromatic nitrogens is 6. The van der Waals surface area contributed by atoms with Crippen LogP contribution in [-0.2, 0) is 19.1 Å². The van der Waals surface area contributed by atoms with Crippen LogP contribution in [0.25, 0.3) is 0 Å². The summed E-state index contributed by atoms with van der Waals surface area (Å²) in [5.74, 6) is 0.384. The van der Waals surface area contributed by atoms with Crippen molar-refractivity contribution in [2.24, 2.45) is 34.5 Å². The molecule has 96 heavy (non-hydrogen) atoms. The van der Waals surface area contributed by atoms with Crippen LogP contribution in [0.15, 0.2) is 61.2 Å². The fourth-order valence-corrected chi connectivity index (χ4v) is 14.0. The second kappa shape index (κ2) is 36.5. The zero-order chi connectivity index (χ0) is 70.6. The Balaban J connectivity index is 0.000000272. The highest BCUT2D eigenvalue weighted by Crippen LogP contribution is 2.47. The van der Waals surface area contributed by atoms with Gasteiger partial charge in [-0.25, -0.2) is 28.3 Å². The summed E-state index contributed by atoms with van der Waals surface area (Å²) in [5.41, 5.74) is 0.708. The molecule has 4 fully saturated rings. The minimum Gasteiger partial charge on any atom is -0.478 e. The second-order valence-electron chi connectivity index (χ2n) is 28.0. The Morgan fingerprint density at radius 1 is 0.583 bits per heavy atom. The lowest BCUT2D eigenvalue weighted by molar-refractivity contribution is -0.134. The van der Waals surface area contributed by atoms with E-state index in [2.05, 4.69) is 115 Å². The molecule has 2 N–H and O–H groups in total. The minimum absolute atomic E-state index is 0.0408. The van der Waals surface area contributed by atoms with Gasteiger partial charge in [0.2, 0.25) is 0 Å². The maximum absolute atomic E-state index is 14.3. The molecule has 2 aromatic carbocycles. The van der Waals surface area contributed by atoms with Crippen LogP contribution in [0.4, 0.5) is 20.4 Å². The molecule has 0 bridgehead atoms. The van der Waals surface area contributed by atoms with Gasteiger partial charge in [0, 0.05) is 153 Å². The third kappa shape index (κ3) is 21.7. The van der Waals surface area contributed by atoms with Gasteiger partial charge < -0.3 is 58.6 Å². The highest BCUT2D eigenvalue weighted by molar-refractivity contribution is 5.98. The fourth-order valence-electron chi connectivity index (χ4n) is 14.0. The first-order valence-corrected chi connectivity index (χ1v) is 33.9. The Morgan fingerprint density at radius 3 is 1.26 bits per heavy atom. The largest absolute Gasteiger partial charge is 0.478 e. The number of carboxylic acid groups (broad SMARTS) is 2. The van der Waals surface area contributed by atoms with E-state index in [4.69, 9.17) is 29.2 Å². The van der Waals surface area contributed by atoms with Crippen molar-refractivity contribution in [2.45, 2.75) is 133 Å². The van der Waals surface area contributed by atoms with E-state index in [-0.39, 0.29) is 69.1 Å². The summed E-state index contributed by atoms with van der Waals surface area (Å²) < 4.78 is 51.5. The van der Waals surface area contributed by atoms with Crippen molar-refractivity contribution in [3.8, 4) is 23.3 Å². The number of benzene rings is 2. The van der Waals surface area contributed by atoms with Gasteiger partial charge in [0.25, 0.3) is 23.6 Å². The zero-order valence-electron chi connectivity index (χ0n) is 59.7. The van der Waals surface area contributed by atoms with Crippen LogP contribution in [0.3, 0.4) is 0 Å². The van der Waals surface area contributed by atoms with Crippen LogP contribution in [0, 0.1) is 46.1 Å². The molecule has 4 saturated heterocycles. The lowest BCUT2D eigenvalue weighted by Crippen LogP contribution is -2.62. The van der Waals surface area contributed by atoms with Crippen molar-refractivity contribution in [1.29, 1.82) is 0 Å². The number of hydrogen-bond acceptors (Lipinski definition) is 20. The number of carboxylic acids is 2. The van der Waals surface area contributed by atoms with Crippen LogP contribution in [0.5, 0.6) is 23.3 Å². The summed E-state index contributed by atoms with van der Waals surface area (Å²) in [5, 5.41) is 32.1. The molecule has 24 nitrogen and oxygen atoms in total. The lowest BCUT2D eigenvalue weighted by atomic mass is 9.76. The lowest BCUT2D eigenvalue weighted by Gasteiger charge is -2.53. The van der Waals surface area contributed by atoms with E-state index in [1.165, 1.54) is 61.9 Å². The van der Waals surface area contributed by atoms with Crippen LogP contribution < -0.4 is 19.3 Å². The first kappa shape index (κ1) is 77.9. The van der Waals surface area contributed by atoms with E-state index in [0.29, 0.717) is 72.6 Å². The van der Waals surface area contributed by atoms with Gasteiger partial charge in [0.1, 0.15) is 35.8 Å². The maximum Gasteiger partial charge on any atom is 0.328 e. The number of aliphatic carboxylic acids is 2. The van der Waals surface area contributed by atoms with Crippen molar-refractivity contribution in [3.63, 3.8) is 0 Å². The van der Waals surface area contributed by atoms with Crippen LogP contribution >= 0.6 is 0 Å². The normalized spacial score (nSPS) is 17.2.